The van der Waals surface area contributed by atoms with Gasteiger partial charge in [-0.2, -0.15) is 0 Å². The van der Waals surface area contributed by atoms with Crippen molar-refractivity contribution < 1.29 is 38.5 Å². The molecule has 3 N–H and O–H groups in total. The first-order valence-electron chi connectivity index (χ1n) is 21.0. The van der Waals surface area contributed by atoms with Gasteiger partial charge in [-0.25, -0.2) is 0 Å². The number of ether oxygens (including phenoxy) is 3. The number of nitrogens with zero attached hydrogens (tertiary/aromatic N) is 2. The minimum absolute atomic E-state index is 0.00103. The van der Waals surface area contributed by atoms with Crippen molar-refractivity contribution in [3.05, 3.63) is 120 Å². The van der Waals surface area contributed by atoms with E-state index in [2.05, 4.69) is 42.5 Å². The summed E-state index contributed by atoms with van der Waals surface area (Å²) < 4.78 is 17.6. The Hall–Kier alpha value is -5.76. The molecular formula is C48H56N4O8Si. The molecule has 1 aromatic heterocycles. The summed E-state index contributed by atoms with van der Waals surface area (Å²) in [6.45, 7) is 7.18. The molecule has 0 unspecified atom stereocenters. The molecular weight excluding hydrogens is 789 g/mol. The molecule has 1 saturated heterocycles. The monoisotopic (exact) mass is 844 g/mol. The molecule has 4 atom stereocenters. The maximum absolute atomic E-state index is 15.3. The van der Waals surface area contributed by atoms with E-state index in [1.54, 1.807) is 16.9 Å². The molecule has 0 aliphatic carbocycles. The van der Waals surface area contributed by atoms with Crippen LogP contribution in [0.5, 0.6) is 5.75 Å². The number of hydrogen-bond acceptors (Lipinski definition) is 8. The van der Waals surface area contributed by atoms with Crippen LogP contribution in [-0.2, 0) is 47.2 Å². The molecule has 12 nitrogen and oxygen atoms in total. The summed E-state index contributed by atoms with van der Waals surface area (Å²) in [6.07, 6.45) is 2.62. The minimum Gasteiger partial charge on any atom is -0.497 e. The van der Waals surface area contributed by atoms with Gasteiger partial charge in [-0.1, -0.05) is 85.9 Å². The van der Waals surface area contributed by atoms with Gasteiger partial charge in [-0.15, -0.1) is 0 Å². The average molecular weight is 845 g/mol. The van der Waals surface area contributed by atoms with E-state index in [-0.39, 0.29) is 61.6 Å². The number of aliphatic hydroxyl groups is 1. The number of esters is 1. The molecule has 3 amide bonds. The zero-order valence-electron chi connectivity index (χ0n) is 35.6. The van der Waals surface area contributed by atoms with Gasteiger partial charge in [0.1, 0.15) is 5.75 Å². The second-order valence-corrected chi connectivity index (χ2v) is 21.4. The molecule has 4 aromatic carbocycles. The quantitative estimate of drug-likeness (QED) is 0.0534. The van der Waals surface area contributed by atoms with Gasteiger partial charge in [0, 0.05) is 60.3 Å². The van der Waals surface area contributed by atoms with E-state index in [0.717, 1.165) is 33.0 Å². The van der Waals surface area contributed by atoms with Crippen LogP contribution in [0.2, 0.25) is 18.6 Å². The Labute approximate surface area is 358 Å². The number of nitrogens with one attached hydrogen (secondary N) is 2. The number of H-pyrrole nitrogens is 1. The van der Waals surface area contributed by atoms with Crippen LogP contribution in [0.3, 0.4) is 0 Å². The fraction of sp³-hybridized carbons (Fsp3) is 0.375. The Balaban J connectivity index is 1.27. The van der Waals surface area contributed by atoms with Gasteiger partial charge >= 0.3 is 5.97 Å². The third-order valence-corrected chi connectivity index (χ3v) is 17.1. The number of unbranched alkanes of at least 4 members (excludes halogenated alkanes) is 1. The number of aliphatic hydroxyl groups excluding tert-OH is 1. The van der Waals surface area contributed by atoms with Gasteiger partial charge in [-0.05, 0) is 65.9 Å². The smallest absolute Gasteiger partial charge is 0.305 e. The largest absolute Gasteiger partial charge is 0.497 e. The fourth-order valence-electron chi connectivity index (χ4n) is 9.63. The minimum atomic E-state index is -2.61. The molecule has 0 saturated carbocycles. The van der Waals surface area contributed by atoms with Gasteiger partial charge in [0.2, 0.25) is 11.8 Å². The fourth-order valence-corrected chi connectivity index (χ4v) is 13.6. The number of fused-ring (bicyclic) bond motifs is 3. The van der Waals surface area contributed by atoms with Crippen LogP contribution in [0.25, 0.3) is 10.9 Å². The summed E-state index contributed by atoms with van der Waals surface area (Å²) >= 11 is 0. The zero-order valence-corrected chi connectivity index (χ0v) is 36.6. The summed E-state index contributed by atoms with van der Waals surface area (Å²) in [7, 11) is 0.382. The van der Waals surface area contributed by atoms with E-state index in [1.807, 2.05) is 91.1 Å². The maximum Gasteiger partial charge on any atom is 0.305 e. The van der Waals surface area contributed by atoms with Crippen LogP contribution < -0.4 is 20.1 Å². The summed E-state index contributed by atoms with van der Waals surface area (Å²) in [6, 6.07) is 31.1. The number of methoxy groups -OCH3 is 2. The van der Waals surface area contributed by atoms with E-state index in [0.29, 0.717) is 42.9 Å². The summed E-state index contributed by atoms with van der Waals surface area (Å²) in [5.74, 6) is -0.603. The number of benzene rings is 4. The highest BCUT2D eigenvalue weighted by Crippen LogP contribution is 2.60. The summed E-state index contributed by atoms with van der Waals surface area (Å²) in [5.41, 5.74) is 2.88. The van der Waals surface area contributed by atoms with Crippen LogP contribution >= 0.6 is 0 Å². The number of amides is 3. The van der Waals surface area contributed by atoms with E-state index in [4.69, 9.17) is 14.2 Å². The third kappa shape index (κ3) is 8.73. The van der Waals surface area contributed by atoms with E-state index in [1.165, 1.54) is 7.11 Å². The first kappa shape index (κ1) is 43.3. The number of carbonyl (C=O) groups is 4. The highest BCUT2D eigenvalue weighted by atomic mass is 28.3. The molecule has 0 radical (unpaired) electrons. The number of hydrogen-bond donors (Lipinski definition) is 3. The maximum atomic E-state index is 15.3. The van der Waals surface area contributed by atoms with Crippen molar-refractivity contribution >= 4 is 59.2 Å². The van der Waals surface area contributed by atoms with Crippen LogP contribution in [0.15, 0.2) is 103 Å². The molecule has 13 heteroatoms. The molecule has 2 aliphatic heterocycles. The Kier molecular flexibility index (Phi) is 13.1. The van der Waals surface area contributed by atoms with Crippen molar-refractivity contribution in [3.8, 4) is 5.75 Å². The predicted molar refractivity (Wildman–Crippen MR) is 238 cm³/mol. The van der Waals surface area contributed by atoms with E-state index < -0.39 is 25.7 Å². The lowest BCUT2D eigenvalue weighted by Crippen LogP contribution is -2.52. The molecule has 2 aliphatic rings. The number of carbonyl (C=O) groups excluding carboxylic acids is 4. The molecule has 1 spiro atoms. The average Bonchev–Trinajstić information content (AvgIpc) is 3.88. The standard InChI is InChI=1S/C48H56N4O8Si/c1-32-46(61(4,5)37-21-19-36(58-2)20-22-37)42(29-44(55)51(25-26-53)31-33-13-7-6-8-14-33)60-48(32)39-28-35(50-43(54)27-34-30-49-40-16-10-9-15-38(34)40)18-23-41(39)52(47(48)57)24-12-11-17-45(56)59-3/h6-10,13-16,18-23,28,30,32,42,46,49,53H,11-12,17,24-27,29,31H2,1-5H3,(H,50,54)/t32-,42+,46-,48+/m1/s1. The van der Waals surface area contributed by atoms with Crippen molar-refractivity contribution in [1.82, 2.24) is 9.88 Å². The molecule has 1 fully saturated rings. The van der Waals surface area contributed by atoms with E-state index in [9.17, 15) is 19.5 Å². The molecule has 320 valence electrons. The number of aromatic nitrogens is 1. The first-order chi connectivity index (χ1) is 29.4. The number of anilines is 2. The third-order valence-electron chi connectivity index (χ3n) is 12.7. The molecule has 5 aromatic rings. The highest BCUT2D eigenvalue weighted by molar-refractivity contribution is 6.91. The van der Waals surface area contributed by atoms with Gasteiger partial charge in [-0.3, -0.25) is 19.2 Å². The van der Waals surface area contributed by atoms with Crippen molar-refractivity contribution in [2.75, 3.05) is 44.1 Å². The summed E-state index contributed by atoms with van der Waals surface area (Å²) in [5, 5.41) is 15.3. The summed E-state index contributed by atoms with van der Waals surface area (Å²) in [4.78, 5) is 62.1. The van der Waals surface area contributed by atoms with Crippen LogP contribution in [0.1, 0.15) is 49.3 Å². The lowest BCUT2D eigenvalue weighted by Gasteiger charge is -2.37. The van der Waals surface area contributed by atoms with Gasteiger partial charge in [0.15, 0.2) is 5.60 Å². The Bertz CT molecular complexity index is 2370. The molecule has 61 heavy (non-hydrogen) atoms. The van der Waals surface area contributed by atoms with Crippen LogP contribution in [-0.4, -0.2) is 86.8 Å². The second kappa shape index (κ2) is 18.5. The number of rotatable bonds is 17. The lowest BCUT2D eigenvalue weighted by molar-refractivity contribution is -0.149. The normalized spacial score (nSPS) is 19.6. The Morgan fingerprint density at radius 3 is 2.43 bits per heavy atom. The van der Waals surface area contributed by atoms with Gasteiger partial charge in [0.05, 0.1) is 53.5 Å². The number of aromatic amines is 1. The predicted octanol–water partition coefficient (Wildman–Crippen LogP) is 6.67. The second-order valence-electron chi connectivity index (χ2n) is 16.7. The molecule has 7 rings (SSSR count). The van der Waals surface area contributed by atoms with Crippen molar-refractivity contribution in [1.29, 1.82) is 0 Å². The van der Waals surface area contributed by atoms with Crippen LogP contribution in [0.4, 0.5) is 11.4 Å². The van der Waals surface area contributed by atoms with Crippen molar-refractivity contribution in [2.45, 2.75) is 75.9 Å². The zero-order chi connectivity index (χ0) is 43.3. The highest BCUT2D eigenvalue weighted by Gasteiger charge is 2.66. The van der Waals surface area contributed by atoms with Crippen molar-refractivity contribution in [3.63, 3.8) is 0 Å². The Morgan fingerprint density at radius 2 is 1.70 bits per heavy atom. The van der Waals surface area contributed by atoms with Gasteiger partial charge < -0.3 is 39.4 Å². The van der Waals surface area contributed by atoms with Gasteiger partial charge in [0.25, 0.3) is 5.91 Å². The Morgan fingerprint density at radius 1 is 0.967 bits per heavy atom. The first-order valence-corrected chi connectivity index (χ1v) is 24.1. The molecule has 3 heterocycles. The van der Waals surface area contributed by atoms with E-state index >= 15 is 4.79 Å². The van der Waals surface area contributed by atoms with Crippen LogP contribution in [0, 0.1) is 5.92 Å². The molecule has 0 bridgehead atoms. The lowest BCUT2D eigenvalue weighted by atomic mass is 9.82. The number of para-hydroxylation sites is 1. The SMILES string of the molecule is COC(=O)CCCCN1C(=O)[C@@]2(O[C@@H](CC(=O)N(CCO)Cc3ccccc3)[C@H]([Si](C)(C)c3ccc(OC)cc3)[C@H]2C)c2cc(NC(=O)Cc3c[nH]c4ccccc34)ccc21. The topological polar surface area (TPSA) is 150 Å². The van der Waals surface area contributed by atoms with Crippen molar-refractivity contribution in [2.24, 2.45) is 5.92 Å².